The van der Waals surface area contributed by atoms with E-state index < -0.39 is 16.5 Å². The van der Waals surface area contributed by atoms with Gasteiger partial charge in [-0.25, -0.2) is 9.48 Å². The maximum atomic E-state index is 12.2. The molecule has 1 aromatic heterocycles. The molecule has 1 aromatic carbocycles. The summed E-state index contributed by atoms with van der Waals surface area (Å²) in [7, 11) is 0. The molecule has 0 bridgehead atoms. The van der Waals surface area contributed by atoms with Crippen LogP contribution in [0, 0.1) is 11.3 Å². The standard InChI is InChI=1S/C19H21Cl3N4O4/c1-18(2,3)15-9-16(24-17(28)30-11-19(20,21)22)26(25-15)13-5-4-12(10-23)14(8-13)29-7-6-27/h4-5,8-9,27H,6-7,11H2,1-3H3,(H,24,28). The van der Waals surface area contributed by atoms with Crippen LogP contribution in [0.25, 0.3) is 5.69 Å². The maximum absolute atomic E-state index is 12.2. The molecule has 0 aliphatic rings. The van der Waals surface area contributed by atoms with Crippen molar-refractivity contribution in [2.75, 3.05) is 25.1 Å². The van der Waals surface area contributed by atoms with Crippen molar-refractivity contribution in [3.63, 3.8) is 0 Å². The number of anilines is 1. The zero-order chi connectivity index (χ0) is 22.5. The summed E-state index contributed by atoms with van der Waals surface area (Å²) in [6.07, 6.45) is -0.826. The van der Waals surface area contributed by atoms with E-state index in [9.17, 15) is 10.1 Å². The summed E-state index contributed by atoms with van der Waals surface area (Å²) >= 11 is 16.8. The van der Waals surface area contributed by atoms with E-state index in [1.54, 1.807) is 24.3 Å². The van der Waals surface area contributed by atoms with Crippen LogP contribution in [0.4, 0.5) is 10.6 Å². The normalized spacial score (nSPS) is 11.7. The van der Waals surface area contributed by atoms with Gasteiger partial charge in [0.1, 0.15) is 30.9 Å². The Bertz CT molecular complexity index is 943. The van der Waals surface area contributed by atoms with E-state index in [1.807, 2.05) is 26.8 Å². The van der Waals surface area contributed by atoms with Crippen LogP contribution in [0.1, 0.15) is 32.0 Å². The van der Waals surface area contributed by atoms with Gasteiger partial charge < -0.3 is 14.6 Å². The number of ether oxygens (including phenoxy) is 2. The molecule has 8 nitrogen and oxygen atoms in total. The largest absolute Gasteiger partial charge is 0.490 e. The third kappa shape index (κ3) is 6.67. The summed E-state index contributed by atoms with van der Waals surface area (Å²) in [4.78, 5) is 12.2. The number of hydrogen-bond acceptors (Lipinski definition) is 6. The van der Waals surface area contributed by atoms with E-state index in [0.29, 0.717) is 22.8 Å². The molecule has 0 fully saturated rings. The second-order valence-corrected chi connectivity index (χ2v) is 9.77. The molecule has 0 aliphatic carbocycles. The molecule has 0 spiro atoms. The number of hydrogen-bond donors (Lipinski definition) is 2. The summed E-state index contributed by atoms with van der Waals surface area (Å²) in [6.45, 7) is 5.31. The number of carbonyl (C=O) groups excluding carboxylic acids is 1. The number of carbonyl (C=O) groups is 1. The number of halogens is 3. The van der Waals surface area contributed by atoms with Crippen LogP contribution < -0.4 is 10.1 Å². The Balaban J connectivity index is 2.42. The van der Waals surface area contributed by atoms with Crippen LogP contribution in [0.3, 0.4) is 0 Å². The van der Waals surface area contributed by atoms with Crippen LogP contribution in [-0.2, 0) is 10.2 Å². The quantitative estimate of drug-likeness (QED) is 0.602. The van der Waals surface area contributed by atoms with E-state index in [-0.39, 0.29) is 24.4 Å². The fourth-order valence-corrected chi connectivity index (χ4v) is 2.50. The predicted octanol–water partition coefficient (Wildman–Crippen LogP) is 4.33. The zero-order valence-electron chi connectivity index (χ0n) is 16.6. The molecule has 30 heavy (non-hydrogen) atoms. The Hall–Kier alpha value is -2.18. The topological polar surface area (TPSA) is 109 Å². The van der Waals surface area contributed by atoms with Gasteiger partial charge in [-0.2, -0.15) is 10.4 Å². The van der Waals surface area contributed by atoms with Gasteiger partial charge in [-0.3, -0.25) is 5.32 Å². The van der Waals surface area contributed by atoms with Gasteiger partial charge in [-0.05, 0) is 12.1 Å². The third-order valence-electron chi connectivity index (χ3n) is 3.75. The molecule has 1 heterocycles. The fourth-order valence-electron chi connectivity index (χ4n) is 2.33. The monoisotopic (exact) mass is 474 g/mol. The average Bonchev–Trinajstić information content (AvgIpc) is 3.08. The van der Waals surface area contributed by atoms with Gasteiger partial charge in [0.25, 0.3) is 0 Å². The highest BCUT2D eigenvalue weighted by molar-refractivity contribution is 6.67. The second-order valence-electron chi connectivity index (χ2n) is 7.26. The van der Waals surface area contributed by atoms with Crippen molar-refractivity contribution in [1.82, 2.24) is 9.78 Å². The first-order valence-electron chi connectivity index (χ1n) is 8.84. The van der Waals surface area contributed by atoms with Gasteiger partial charge in [0.2, 0.25) is 3.79 Å². The van der Waals surface area contributed by atoms with Crippen molar-refractivity contribution >= 4 is 46.7 Å². The van der Waals surface area contributed by atoms with Gasteiger partial charge in [0, 0.05) is 17.5 Å². The van der Waals surface area contributed by atoms with Crippen molar-refractivity contribution in [2.24, 2.45) is 0 Å². The van der Waals surface area contributed by atoms with Gasteiger partial charge in [-0.15, -0.1) is 0 Å². The molecule has 0 unspecified atom stereocenters. The molecule has 2 aromatic rings. The minimum atomic E-state index is -1.74. The van der Waals surface area contributed by atoms with E-state index >= 15 is 0 Å². The Kier molecular flexibility index (Phi) is 7.83. The molecule has 0 atom stereocenters. The molecular weight excluding hydrogens is 455 g/mol. The number of rotatable bonds is 6. The lowest BCUT2D eigenvalue weighted by atomic mass is 9.92. The molecule has 0 radical (unpaired) electrons. The summed E-state index contributed by atoms with van der Waals surface area (Å²) in [5.74, 6) is 0.591. The number of amides is 1. The number of aromatic nitrogens is 2. The molecule has 11 heteroatoms. The first kappa shape index (κ1) is 24.1. The molecule has 2 N–H and O–H groups in total. The highest BCUT2D eigenvalue weighted by atomic mass is 35.6. The van der Waals surface area contributed by atoms with Gasteiger partial charge in [0.15, 0.2) is 0 Å². The van der Waals surface area contributed by atoms with E-state index in [4.69, 9.17) is 49.4 Å². The van der Waals surface area contributed by atoms with Gasteiger partial charge >= 0.3 is 6.09 Å². The minimum absolute atomic E-state index is 0.0267. The molecule has 162 valence electrons. The lowest BCUT2D eigenvalue weighted by Crippen LogP contribution is -2.22. The highest BCUT2D eigenvalue weighted by Gasteiger charge is 2.25. The van der Waals surface area contributed by atoms with Crippen molar-refractivity contribution < 1.29 is 19.4 Å². The Morgan fingerprint density at radius 2 is 2.00 bits per heavy atom. The third-order valence-corrected chi connectivity index (χ3v) is 4.08. The van der Waals surface area contributed by atoms with Gasteiger partial charge in [0.05, 0.1) is 23.6 Å². The Morgan fingerprint density at radius 1 is 1.30 bits per heavy atom. The lowest BCUT2D eigenvalue weighted by molar-refractivity contribution is 0.163. The van der Waals surface area contributed by atoms with E-state index in [0.717, 1.165) is 0 Å². The summed E-state index contributed by atoms with van der Waals surface area (Å²) in [5, 5.41) is 25.4. The predicted molar refractivity (Wildman–Crippen MR) is 115 cm³/mol. The maximum Gasteiger partial charge on any atom is 0.412 e. The number of aliphatic hydroxyl groups excluding tert-OH is 1. The molecule has 1 amide bonds. The highest BCUT2D eigenvalue weighted by Crippen LogP contribution is 2.29. The Morgan fingerprint density at radius 3 is 2.57 bits per heavy atom. The van der Waals surface area contributed by atoms with Crippen LogP contribution in [-0.4, -0.2) is 44.6 Å². The number of nitrogens with one attached hydrogen (secondary N) is 1. The number of nitrogens with zero attached hydrogens (tertiary/aromatic N) is 3. The first-order chi connectivity index (χ1) is 13.9. The number of alkyl halides is 3. The van der Waals surface area contributed by atoms with Crippen LogP contribution in [0.5, 0.6) is 5.75 Å². The summed E-state index contributed by atoms with van der Waals surface area (Å²) < 4.78 is 10.1. The summed E-state index contributed by atoms with van der Waals surface area (Å²) in [6, 6.07) is 8.53. The number of nitriles is 1. The van der Waals surface area contributed by atoms with Gasteiger partial charge in [-0.1, -0.05) is 55.6 Å². The second kappa shape index (κ2) is 9.75. The van der Waals surface area contributed by atoms with E-state index in [1.165, 1.54) is 4.68 Å². The smallest absolute Gasteiger partial charge is 0.412 e. The van der Waals surface area contributed by atoms with Crippen molar-refractivity contribution in [2.45, 2.75) is 30.0 Å². The minimum Gasteiger partial charge on any atom is -0.490 e. The summed E-state index contributed by atoms with van der Waals surface area (Å²) in [5.41, 5.74) is 1.20. The number of aliphatic hydroxyl groups is 1. The molecule has 0 saturated carbocycles. The van der Waals surface area contributed by atoms with Crippen LogP contribution in [0.2, 0.25) is 0 Å². The fraction of sp³-hybridized carbons (Fsp3) is 0.421. The first-order valence-corrected chi connectivity index (χ1v) is 9.97. The number of benzene rings is 1. The Labute approximate surface area is 189 Å². The van der Waals surface area contributed by atoms with Crippen LogP contribution >= 0.6 is 34.8 Å². The molecule has 2 rings (SSSR count). The van der Waals surface area contributed by atoms with Crippen molar-refractivity contribution in [1.29, 1.82) is 5.26 Å². The molecule has 0 saturated heterocycles. The average molecular weight is 476 g/mol. The van der Waals surface area contributed by atoms with Crippen molar-refractivity contribution in [3.8, 4) is 17.5 Å². The zero-order valence-corrected chi connectivity index (χ0v) is 18.8. The van der Waals surface area contributed by atoms with E-state index in [2.05, 4.69) is 10.4 Å². The lowest BCUT2D eigenvalue weighted by Gasteiger charge is -2.14. The molecule has 0 aliphatic heterocycles. The molecular formula is C19H21Cl3N4O4. The van der Waals surface area contributed by atoms with Crippen molar-refractivity contribution in [3.05, 3.63) is 35.5 Å². The van der Waals surface area contributed by atoms with Crippen LogP contribution in [0.15, 0.2) is 24.3 Å². The SMILES string of the molecule is CC(C)(C)c1cc(NC(=O)OCC(Cl)(Cl)Cl)n(-c2ccc(C#N)c(OCCO)c2)n1.